The van der Waals surface area contributed by atoms with Crippen LogP contribution in [0.15, 0.2) is 16.6 Å². The van der Waals surface area contributed by atoms with Gasteiger partial charge >= 0.3 is 0 Å². The lowest BCUT2D eigenvalue weighted by molar-refractivity contribution is 0.286. The Morgan fingerprint density at radius 1 is 1.42 bits per heavy atom. The molecule has 2 N–H and O–H groups in total. The molecular weight excluding hydrogens is 218 g/mol. The van der Waals surface area contributed by atoms with E-state index in [1.54, 1.807) is 0 Å². The molecule has 64 valence electrons. The molecule has 1 aliphatic heterocycles. The predicted molar refractivity (Wildman–Crippen MR) is 52.4 cm³/mol. The van der Waals surface area contributed by atoms with Gasteiger partial charge in [-0.15, -0.1) is 0 Å². The van der Waals surface area contributed by atoms with Crippen molar-refractivity contribution >= 4 is 21.6 Å². The standard InChI is InChI=1S/C9H10BrNO/c10-8-5-7(11)4-6-2-1-3-12-9(6)8/h4-5H,1-3,11H2. The Morgan fingerprint density at radius 2 is 2.25 bits per heavy atom. The molecule has 0 atom stereocenters. The number of hydrogen-bond acceptors (Lipinski definition) is 2. The predicted octanol–water partition coefficient (Wildman–Crippen LogP) is 2.36. The van der Waals surface area contributed by atoms with Crippen molar-refractivity contribution in [3.63, 3.8) is 0 Å². The van der Waals surface area contributed by atoms with Gasteiger partial charge in [0.05, 0.1) is 11.1 Å². The Balaban J connectivity index is 2.53. The zero-order valence-corrected chi connectivity index (χ0v) is 8.23. The summed E-state index contributed by atoms with van der Waals surface area (Å²) < 4.78 is 6.48. The van der Waals surface area contributed by atoms with Gasteiger partial charge in [-0.1, -0.05) is 0 Å². The second-order valence-electron chi connectivity index (χ2n) is 2.94. The second kappa shape index (κ2) is 2.98. The number of benzene rings is 1. The van der Waals surface area contributed by atoms with Crippen LogP contribution >= 0.6 is 15.9 Å². The third-order valence-electron chi connectivity index (χ3n) is 1.98. The number of ether oxygens (including phenoxy) is 1. The van der Waals surface area contributed by atoms with E-state index in [2.05, 4.69) is 15.9 Å². The van der Waals surface area contributed by atoms with Gasteiger partial charge in [-0.25, -0.2) is 0 Å². The van der Waals surface area contributed by atoms with Crippen molar-refractivity contribution in [3.8, 4) is 5.75 Å². The second-order valence-corrected chi connectivity index (χ2v) is 3.80. The Morgan fingerprint density at radius 3 is 3.08 bits per heavy atom. The van der Waals surface area contributed by atoms with Crippen molar-refractivity contribution in [2.24, 2.45) is 0 Å². The molecule has 1 aromatic carbocycles. The quantitative estimate of drug-likeness (QED) is 0.691. The Labute approximate surface area is 79.8 Å². The minimum atomic E-state index is 0.797. The van der Waals surface area contributed by atoms with Crippen LogP contribution in [0.2, 0.25) is 0 Å². The highest BCUT2D eigenvalue weighted by Crippen LogP contribution is 2.34. The average molecular weight is 228 g/mol. The molecule has 0 unspecified atom stereocenters. The van der Waals surface area contributed by atoms with E-state index in [0.717, 1.165) is 35.4 Å². The first-order chi connectivity index (χ1) is 5.77. The van der Waals surface area contributed by atoms with E-state index >= 15 is 0 Å². The third-order valence-corrected chi connectivity index (χ3v) is 2.57. The zero-order chi connectivity index (χ0) is 8.55. The van der Waals surface area contributed by atoms with Gasteiger partial charge in [-0.2, -0.15) is 0 Å². The van der Waals surface area contributed by atoms with Crippen LogP contribution < -0.4 is 10.5 Å². The molecular formula is C9H10BrNO. The Kier molecular flexibility index (Phi) is 1.97. The van der Waals surface area contributed by atoms with Crippen LogP contribution in [0.25, 0.3) is 0 Å². The Bertz CT molecular complexity index is 312. The van der Waals surface area contributed by atoms with Crippen molar-refractivity contribution in [1.82, 2.24) is 0 Å². The van der Waals surface area contributed by atoms with E-state index in [9.17, 15) is 0 Å². The van der Waals surface area contributed by atoms with Gasteiger partial charge in [0.15, 0.2) is 0 Å². The van der Waals surface area contributed by atoms with Crippen molar-refractivity contribution in [3.05, 3.63) is 22.2 Å². The van der Waals surface area contributed by atoms with Crippen LogP contribution in [-0.4, -0.2) is 6.61 Å². The summed E-state index contributed by atoms with van der Waals surface area (Å²) in [5.41, 5.74) is 7.71. The fraction of sp³-hybridized carbons (Fsp3) is 0.333. The fourth-order valence-electron chi connectivity index (χ4n) is 1.46. The first-order valence-corrected chi connectivity index (χ1v) is 4.77. The zero-order valence-electron chi connectivity index (χ0n) is 6.64. The summed E-state index contributed by atoms with van der Waals surface area (Å²) >= 11 is 3.43. The smallest absolute Gasteiger partial charge is 0.136 e. The van der Waals surface area contributed by atoms with E-state index in [1.165, 1.54) is 5.56 Å². The minimum absolute atomic E-state index is 0.797. The van der Waals surface area contributed by atoms with Crippen LogP contribution in [0.5, 0.6) is 5.75 Å². The van der Waals surface area contributed by atoms with Gasteiger partial charge in [0, 0.05) is 5.69 Å². The van der Waals surface area contributed by atoms with E-state index in [4.69, 9.17) is 10.5 Å². The van der Waals surface area contributed by atoms with Gasteiger partial charge in [0.25, 0.3) is 0 Å². The molecule has 2 nitrogen and oxygen atoms in total. The number of aryl methyl sites for hydroxylation is 1. The molecule has 1 aromatic rings. The number of fused-ring (bicyclic) bond motifs is 1. The van der Waals surface area contributed by atoms with E-state index in [1.807, 2.05) is 12.1 Å². The largest absolute Gasteiger partial charge is 0.492 e. The number of rotatable bonds is 0. The lowest BCUT2D eigenvalue weighted by Crippen LogP contribution is -2.09. The summed E-state index contributed by atoms with van der Waals surface area (Å²) in [6.07, 6.45) is 2.15. The molecule has 0 aliphatic carbocycles. The molecule has 0 spiro atoms. The third kappa shape index (κ3) is 1.29. The summed E-state index contributed by atoms with van der Waals surface area (Å²) in [6, 6.07) is 3.86. The fourth-order valence-corrected chi connectivity index (χ4v) is 2.09. The lowest BCUT2D eigenvalue weighted by atomic mass is 10.1. The van der Waals surface area contributed by atoms with Crippen LogP contribution in [0.4, 0.5) is 5.69 Å². The van der Waals surface area contributed by atoms with E-state index in [0.29, 0.717) is 0 Å². The average Bonchev–Trinajstić information content (AvgIpc) is 2.04. The first kappa shape index (κ1) is 7.92. The molecule has 0 amide bonds. The number of nitrogen functional groups attached to an aromatic ring is 1. The highest BCUT2D eigenvalue weighted by Gasteiger charge is 2.13. The van der Waals surface area contributed by atoms with Crippen LogP contribution in [0.1, 0.15) is 12.0 Å². The summed E-state index contributed by atoms with van der Waals surface area (Å²) in [5, 5.41) is 0. The van der Waals surface area contributed by atoms with Crippen molar-refractivity contribution in [2.75, 3.05) is 12.3 Å². The van der Waals surface area contributed by atoms with Crippen molar-refractivity contribution in [2.45, 2.75) is 12.8 Å². The van der Waals surface area contributed by atoms with Gasteiger partial charge in [0.1, 0.15) is 5.75 Å². The molecule has 0 saturated carbocycles. The maximum absolute atomic E-state index is 5.70. The molecule has 0 fully saturated rings. The van der Waals surface area contributed by atoms with Crippen LogP contribution in [-0.2, 0) is 6.42 Å². The highest BCUT2D eigenvalue weighted by atomic mass is 79.9. The molecule has 1 aliphatic rings. The molecule has 1 heterocycles. The van der Waals surface area contributed by atoms with E-state index < -0.39 is 0 Å². The maximum atomic E-state index is 5.70. The lowest BCUT2D eigenvalue weighted by Gasteiger charge is -2.18. The summed E-state index contributed by atoms with van der Waals surface area (Å²) in [5.74, 6) is 0.968. The monoisotopic (exact) mass is 227 g/mol. The van der Waals surface area contributed by atoms with Gasteiger partial charge in [-0.05, 0) is 46.5 Å². The molecule has 12 heavy (non-hydrogen) atoms. The van der Waals surface area contributed by atoms with Gasteiger partial charge in [-0.3, -0.25) is 0 Å². The molecule has 0 radical (unpaired) electrons. The molecule has 2 rings (SSSR count). The summed E-state index contributed by atoms with van der Waals surface area (Å²) in [6.45, 7) is 0.815. The number of hydrogen-bond donors (Lipinski definition) is 1. The summed E-state index contributed by atoms with van der Waals surface area (Å²) in [7, 11) is 0. The molecule has 0 aromatic heterocycles. The SMILES string of the molecule is Nc1cc(Br)c2c(c1)CCCO2. The number of nitrogens with two attached hydrogens (primary N) is 1. The topological polar surface area (TPSA) is 35.2 Å². The highest BCUT2D eigenvalue weighted by molar-refractivity contribution is 9.10. The minimum Gasteiger partial charge on any atom is -0.492 e. The van der Waals surface area contributed by atoms with Crippen LogP contribution in [0, 0.1) is 0 Å². The molecule has 0 saturated heterocycles. The Hall–Kier alpha value is -0.700. The maximum Gasteiger partial charge on any atom is 0.136 e. The van der Waals surface area contributed by atoms with Crippen molar-refractivity contribution < 1.29 is 4.74 Å². The number of anilines is 1. The van der Waals surface area contributed by atoms with Gasteiger partial charge in [0.2, 0.25) is 0 Å². The first-order valence-electron chi connectivity index (χ1n) is 3.98. The van der Waals surface area contributed by atoms with Gasteiger partial charge < -0.3 is 10.5 Å². The molecule has 0 bridgehead atoms. The van der Waals surface area contributed by atoms with Crippen LogP contribution in [0.3, 0.4) is 0 Å². The van der Waals surface area contributed by atoms with Crippen molar-refractivity contribution in [1.29, 1.82) is 0 Å². The molecule has 3 heteroatoms. The number of halogens is 1. The summed E-state index contributed by atoms with van der Waals surface area (Å²) in [4.78, 5) is 0. The van der Waals surface area contributed by atoms with E-state index in [-0.39, 0.29) is 0 Å². The normalized spacial score (nSPS) is 15.1.